The molecule has 4 atom stereocenters. The Morgan fingerprint density at radius 3 is 2.60 bits per heavy atom. The standard InChI is InChI=1S/C15H26N2O3/c1-9(2)13-14(18)16-10(3)15(19)17(13)11-6-5-7-12(8-11)20-4/h9-13H,5-8H2,1-4H3,(H,16,18). The fraction of sp³-hybridized carbons (Fsp3) is 0.867. The zero-order valence-corrected chi connectivity index (χ0v) is 12.9. The van der Waals surface area contributed by atoms with Gasteiger partial charge in [-0.3, -0.25) is 9.59 Å². The van der Waals surface area contributed by atoms with E-state index in [-0.39, 0.29) is 35.9 Å². The maximum atomic E-state index is 12.6. The largest absolute Gasteiger partial charge is 0.381 e. The Bertz CT molecular complexity index is 383. The van der Waals surface area contributed by atoms with Crippen molar-refractivity contribution in [1.82, 2.24) is 10.2 Å². The molecule has 1 saturated heterocycles. The van der Waals surface area contributed by atoms with Gasteiger partial charge < -0.3 is 15.0 Å². The number of nitrogens with zero attached hydrogens (tertiary/aromatic N) is 1. The first kappa shape index (κ1) is 15.3. The topological polar surface area (TPSA) is 58.6 Å². The lowest BCUT2D eigenvalue weighted by Gasteiger charge is -2.46. The number of rotatable bonds is 3. The highest BCUT2D eigenvalue weighted by molar-refractivity contribution is 5.97. The van der Waals surface area contributed by atoms with Crippen LogP contribution in [0.2, 0.25) is 0 Å². The second-order valence-electron chi connectivity index (χ2n) is 6.34. The van der Waals surface area contributed by atoms with Gasteiger partial charge in [-0.25, -0.2) is 0 Å². The second-order valence-corrected chi connectivity index (χ2v) is 6.34. The van der Waals surface area contributed by atoms with Crippen molar-refractivity contribution in [2.75, 3.05) is 7.11 Å². The molecular formula is C15H26N2O3. The molecule has 0 aromatic rings. The molecule has 0 aromatic carbocycles. The van der Waals surface area contributed by atoms with Gasteiger partial charge in [0, 0.05) is 13.2 Å². The highest BCUT2D eigenvalue weighted by atomic mass is 16.5. The molecule has 0 aromatic heterocycles. The summed E-state index contributed by atoms with van der Waals surface area (Å²) in [4.78, 5) is 26.7. The maximum absolute atomic E-state index is 12.6. The minimum Gasteiger partial charge on any atom is -0.381 e. The number of hydrogen-bond acceptors (Lipinski definition) is 3. The Morgan fingerprint density at radius 2 is 2.00 bits per heavy atom. The summed E-state index contributed by atoms with van der Waals surface area (Å²) < 4.78 is 5.46. The summed E-state index contributed by atoms with van der Waals surface area (Å²) in [5.74, 6) is 0.145. The molecular weight excluding hydrogens is 256 g/mol. The lowest BCUT2D eigenvalue weighted by atomic mass is 9.87. The van der Waals surface area contributed by atoms with Gasteiger partial charge in [0.05, 0.1) is 6.10 Å². The Morgan fingerprint density at radius 1 is 1.30 bits per heavy atom. The van der Waals surface area contributed by atoms with Gasteiger partial charge in [-0.2, -0.15) is 0 Å². The molecule has 5 nitrogen and oxygen atoms in total. The van der Waals surface area contributed by atoms with Crippen molar-refractivity contribution in [2.24, 2.45) is 5.92 Å². The van der Waals surface area contributed by atoms with Crippen molar-refractivity contribution in [3.63, 3.8) is 0 Å². The smallest absolute Gasteiger partial charge is 0.245 e. The zero-order valence-electron chi connectivity index (χ0n) is 12.9. The van der Waals surface area contributed by atoms with Crippen molar-refractivity contribution in [1.29, 1.82) is 0 Å². The van der Waals surface area contributed by atoms with Crippen LogP contribution in [0.15, 0.2) is 0 Å². The van der Waals surface area contributed by atoms with Crippen molar-refractivity contribution in [3.05, 3.63) is 0 Å². The van der Waals surface area contributed by atoms with Crippen LogP contribution in [0.3, 0.4) is 0 Å². The molecule has 2 fully saturated rings. The number of carbonyl (C=O) groups is 2. The fourth-order valence-corrected chi connectivity index (χ4v) is 3.47. The lowest BCUT2D eigenvalue weighted by Crippen LogP contribution is -2.67. The molecule has 1 aliphatic carbocycles. The van der Waals surface area contributed by atoms with Crippen LogP contribution in [0.25, 0.3) is 0 Å². The summed E-state index contributed by atoms with van der Waals surface area (Å²) in [5.41, 5.74) is 0. The summed E-state index contributed by atoms with van der Waals surface area (Å²) in [5, 5.41) is 2.79. The molecule has 0 bridgehead atoms. The van der Waals surface area contributed by atoms with Gasteiger partial charge in [0.2, 0.25) is 11.8 Å². The summed E-state index contributed by atoms with van der Waals surface area (Å²) >= 11 is 0. The number of ether oxygens (including phenoxy) is 1. The van der Waals surface area contributed by atoms with E-state index in [4.69, 9.17) is 4.74 Å². The summed E-state index contributed by atoms with van der Waals surface area (Å²) in [6, 6.07) is -0.637. The molecule has 4 unspecified atom stereocenters. The van der Waals surface area contributed by atoms with Gasteiger partial charge >= 0.3 is 0 Å². The molecule has 2 aliphatic rings. The van der Waals surface area contributed by atoms with E-state index in [1.807, 2.05) is 18.7 Å². The lowest BCUT2D eigenvalue weighted by molar-refractivity contribution is -0.155. The zero-order chi connectivity index (χ0) is 14.9. The molecule has 2 amide bonds. The number of amides is 2. The van der Waals surface area contributed by atoms with E-state index >= 15 is 0 Å². The second kappa shape index (κ2) is 6.12. The van der Waals surface area contributed by atoms with Crippen LogP contribution in [-0.4, -0.2) is 48.1 Å². The highest BCUT2D eigenvalue weighted by Gasteiger charge is 2.44. The third-order valence-corrected chi connectivity index (χ3v) is 4.51. The van der Waals surface area contributed by atoms with Crippen LogP contribution >= 0.6 is 0 Å². The number of hydrogen-bond donors (Lipinski definition) is 1. The summed E-state index contributed by atoms with van der Waals surface area (Å²) in [7, 11) is 1.72. The Labute approximate surface area is 121 Å². The van der Waals surface area contributed by atoms with Gasteiger partial charge in [-0.05, 0) is 38.5 Å². The first-order valence-corrected chi connectivity index (χ1v) is 7.61. The molecule has 5 heteroatoms. The Kier molecular flexibility index (Phi) is 4.68. The molecule has 1 N–H and O–H groups in total. The van der Waals surface area contributed by atoms with E-state index in [1.165, 1.54) is 0 Å². The van der Waals surface area contributed by atoms with Crippen LogP contribution in [-0.2, 0) is 14.3 Å². The van der Waals surface area contributed by atoms with E-state index in [1.54, 1.807) is 14.0 Å². The Hall–Kier alpha value is -1.10. The molecule has 1 heterocycles. The number of piperazine rings is 1. The van der Waals surface area contributed by atoms with E-state index in [2.05, 4.69) is 5.32 Å². The third kappa shape index (κ3) is 2.82. The van der Waals surface area contributed by atoms with Crippen LogP contribution < -0.4 is 5.32 Å². The van der Waals surface area contributed by atoms with Crippen LogP contribution in [0.1, 0.15) is 46.5 Å². The molecule has 0 radical (unpaired) electrons. The fourth-order valence-electron chi connectivity index (χ4n) is 3.47. The SMILES string of the molecule is COC1CCCC(N2C(=O)C(C)NC(=O)C2C(C)C)C1. The molecule has 2 rings (SSSR count). The van der Waals surface area contributed by atoms with Crippen LogP contribution in [0.4, 0.5) is 0 Å². The predicted octanol–water partition coefficient (Wildman–Crippen LogP) is 1.32. The van der Waals surface area contributed by atoms with Gasteiger partial charge in [-0.1, -0.05) is 13.8 Å². The monoisotopic (exact) mass is 282 g/mol. The molecule has 1 aliphatic heterocycles. The molecule has 114 valence electrons. The van der Waals surface area contributed by atoms with E-state index in [9.17, 15) is 9.59 Å². The van der Waals surface area contributed by atoms with Crippen molar-refractivity contribution >= 4 is 11.8 Å². The van der Waals surface area contributed by atoms with E-state index in [0.29, 0.717) is 0 Å². The number of methoxy groups -OCH3 is 1. The molecule has 20 heavy (non-hydrogen) atoms. The normalized spacial score (nSPS) is 35.4. The van der Waals surface area contributed by atoms with Crippen molar-refractivity contribution < 1.29 is 14.3 Å². The van der Waals surface area contributed by atoms with E-state index < -0.39 is 6.04 Å². The Balaban J connectivity index is 2.23. The highest BCUT2D eigenvalue weighted by Crippen LogP contribution is 2.30. The minimum absolute atomic E-state index is 0.0216. The summed E-state index contributed by atoms with van der Waals surface area (Å²) in [6.07, 6.45) is 4.10. The number of carbonyl (C=O) groups excluding carboxylic acids is 2. The van der Waals surface area contributed by atoms with Crippen molar-refractivity contribution in [2.45, 2.75) is 70.7 Å². The average molecular weight is 282 g/mol. The van der Waals surface area contributed by atoms with Gasteiger partial charge in [0.1, 0.15) is 12.1 Å². The summed E-state index contributed by atoms with van der Waals surface area (Å²) in [6.45, 7) is 5.76. The molecule has 0 spiro atoms. The van der Waals surface area contributed by atoms with Gasteiger partial charge in [0.25, 0.3) is 0 Å². The first-order chi connectivity index (χ1) is 9.45. The van der Waals surface area contributed by atoms with Crippen LogP contribution in [0, 0.1) is 5.92 Å². The van der Waals surface area contributed by atoms with Crippen molar-refractivity contribution in [3.8, 4) is 0 Å². The van der Waals surface area contributed by atoms with Gasteiger partial charge in [-0.15, -0.1) is 0 Å². The third-order valence-electron chi connectivity index (χ3n) is 4.51. The van der Waals surface area contributed by atoms with E-state index in [0.717, 1.165) is 25.7 Å². The minimum atomic E-state index is -0.416. The quantitative estimate of drug-likeness (QED) is 0.849. The first-order valence-electron chi connectivity index (χ1n) is 7.61. The molecule has 1 saturated carbocycles. The average Bonchev–Trinajstić information content (AvgIpc) is 2.42. The van der Waals surface area contributed by atoms with Crippen LogP contribution in [0.5, 0.6) is 0 Å². The maximum Gasteiger partial charge on any atom is 0.245 e. The van der Waals surface area contributed by atoms with Gasteiger partial charge in [0.15, 0.2) is 0 Å². The predicted molar refractivity (Wildman–Crippen MR) is 76.1 cm³/mol. The number of nitrogens with one attached hydrogen (secondary N) is 1.